The predicted molar refractivity (Wildman–Crippen MR) is 48.2 cm³/mol. The molecule has 0 aromatic carbocycles. The van der Waals surface area contributed by atoms with Crippen LogP contribution in [0.4, 0.5) is 0 Å². The van der Waals surface area contributed by atoms with Gasteiger partial charge in [-0.05, 0) is 31.3 Å². The molecule has 0 aliphatic carbocycles. The summed E-state index contributed by atoms with van der Waals surface area (Å²) in [5, 5.41) is 0. The van der Waals surface area contributed by atoms with Crippen molar-refractivity contribution < 1.29 is 9.09 Å². The first-order valence-corrected chi connectivity index (χ1v) is 5.56. The maximum absolute atomic E-state index is 11.2. The Labute approximate surface area is 70.2 Å². The van der Waals surface area contributed by atoms with Crippen molar-refractivity contribution in [2.75, 3.05) is 6.61 Å². The number of hydrogen-bond donors (Lipinski definition) is 0. The summed E-state index contributed by atoms with van der Waals surface area (Å²) in [7, 11) is -1.40. The first-order valence-electron chi connectivity index (χ1n) is 4.31. The van der Waals surface area contributed by atoms with Gasteiger partial charge in [-0.25, -0.2) is 0 Å². The van der Waals surface area contributed by atoms with E-state index >= 15 is 0 Å². The van der Waals surface area contributed by atoms with Gasteiger partial charge < -0.3 is 0 Å². The van der Waals surface area contributed by atoms with E-state index in [0.717, 1.165) is 12.8 Å². The number of rotatable bonds is 6. The molecule has 0 saturated carbocycles. The Balaban J connectivity index is 3.46. The van der Waals surface area contributed by atoms with E-state index in [1.807, 2.05) is 13.8 Å². The molecule has 0 aliphatic heterocycles. The molecule has 0 N–H and O–H groups in total. The van der Waals surface area contributed by atoms with E-state index in [1.54, 1.807) is 0 Å². The lowest BCUT2D eigenvalue weighted by Gasteiger charge is -1.96. The molecule has 0 aliphatic rings. The summed E-state index contributed by atoms with van der Waals surface area (Å²) < 4.78 is 16.2. The molecule has 0 bridgehead atoms. The Bertz CT molecular complexity index is 115. The average Bonchev–Trinajstić information content (AvgIpc) is 2.00. The first kappa shape index (κ1) is 11.1. The van der Waals surface area contributed by atoms with Gasteiger partial charge in [0, 0.05) is 0 Å². The molecule has 2 nitrogen and oxygen atoms in total. The molecule has 0 radical (unpaired) electrons. The van der Waals surface area contributed by atoms with Crippen molar-refractivity contribution in [3.63, 3.8) is 0 Å². The molecule has 2 unspecified atom stereocenters. The van der Waals surface area contributed by atoms with Gasteiger partial charge in [-0.1, -0.05) is 13.3 Å². The van der Waals surface area contributed by atoms with Gasteiger partial charge in [0.2, 0.25) is 0 Å². The molecular formula is C8H18O2P+. The van der Waals surface area contributed by atoms with Gasteiger partial charge >= 0.3 is 8.03 Å². The highest BCUT2D eigenvalue weighted by Gasteiger charge is 2.25. The number of hydrogen-bond acceptors (Lipinski definition) is 2. The zero-order chi connectivity index (χ0) is 8.69. The summed E-state index contributed by atoms with van der Waals surface area (Å²) >= 11 is 0. The van der Waals surface area contributed by atoms with Crippen LogP contribution < -0.4 is 0 Å². The van der Waals surface area contributed by atoms with E-state index < -0.39 is 8.03 Å². The molecule has 0 aromatic rings. The highest BCUT2D eigenvalue weighted by Crippen LogP contribution is 2.31. The molecule has 3 heteroatoms. The predicted octanol–water partition coefficient (Wildman–Crippen LogP) is 3.34. The lowest BCUT2D eigenvalue weighted by molar-refractivity contribution is 0.342. The SMILES string of the molecule is CCCCC(C)[P+](=O)OCC. The summed E-state index contributed by atoms with van der Waals surface area (Å²) in [6, 6.07) is 0. The third kappa shape index (κ3) is 5.34. The highest BCUT2D eigenvalue weighted by atomic mass is 31.1. The van der Waals surface area contributed by atoms with Crippen LogP contribution in [0, 0.1) is 0 Å². The lowest BCUT2D eigenvalue weighted by atomic mass is 10.2. The van der Waals surface area contributed by atoms with E-state index in [4.69, 9.17) is 4.52 Å². The van der Waals surface area contributed by atoms with Crippen LogP contribution >= 0.6 is 8.03 Å². The molecule has 0 aromatic heterocycles. The zero-order valence-electron chi connectivity index (χ0n) is 7.67. The van der Waals surface area contributed by atoms with Crippen LogP contribution in [0.1, 0.15) is 40.0 Å². The molecule has 11 heavy (non-hydrogen) atoms. The van der Waals surface area contributed by atoms with Crippen molar-refractivity contribution in [3.8, 4) is 0 Å². The fraction of sp³-hybridized carbons (Fsp3) is 1.00. The molecule has 0 amide bonds. The van der Waals surface area contributed by atoms with E-state index in [-0.39, 0.29) is 5.66 Å². The van der Waals surface area contributed by atoms with Crippen molar-refractivity contribution in [3.05, 3.63) is 0 Å². The van der Waals surface area contributed by atoms with Crippen LogP contribution in [0.25, 0.3) is 0 Å². The molecular weight excluding hydrogens is 159 g/mol. The Morgan fingerprint density at radius 3 is 2.55 bits per heavy atom. The minimum absolute atomic E-state index is 0.227. The topological polar surface area (TPSA) is 26.3 Å². The second kappa shape index (κ2) is 6.75. The lowest BCUT2D eigenvalue weighted by Crippen LogP contribution is -1.97. The molecule has 0 heterocycles. The van der Waals surface area contributed by atoms with Crippen LogP contribution in [0.3, 0.4) is 0 Å². The van der Waals surface area contributed by atoms with Crippen molar-refractivity contribution >= 4 is 8.03 Å². The summed E-state index contributed by atoms with van der Waals surface area (Å²) in [6.07, 6.45) is 3.33. The minimum Gasteiger partial charge on any atom is -0.146 e. The smallest absolute Gasteiger partial charge is 0.146 e. The summed E-state index contributed by atoms with van der Waals surface area (Å²) in [5.74, 6) is 0. The molecule has 0 saturated heterocycles. The van der Waals surface area contributed by atoms with Gasteiger partial charge in [0.15, 0.2) is 5.66 Å². The number of unbranched alkanes of at least 4 members (excludes halogenated alkanes) is 1. The fourth-order valence-corrected chi connectivity index (χ4v) is 1.76. The molecule has 66 valence electrons. The average molecular weight is 177 g/mol. The van der Waals surface area contributed by atoms with Crippen LogP contribution in [0.15, 0.2) is 0 Å². The second-order valence-electron chi connectivity index (χ2n) is 2.69. The first-order chi connectivity index (χ1) is 5.22. The molecule has 0 spiro atoms. The van der Waals surface area contributed by atoms with Crippen molar-refractivity contribution in [1.82, 2.24) is 0 Å². The second-order valence-corrected chi connectivity index (χ2v) is 4.40. The Hall–Kier alpha value is 0.0600. The Kier molecular flexibility index (Phi) is 6.79. The van der Waals surface area contributed by atoms with Gasteiger partial charge in [-0.15, -0.1) is 4.52 Å². The van der Waals surface area contributed by atoms with Crippen LogP contribution in [-0.2, 0) is 9.09 Å². The van der Waals surface area contributed by atoms with Gasteiger partial charge in [0.05, 0.1) is 6.61 Å². The molecule has 0 rings (SSSR count). The molecule has 2 atom stereocenters. The monoisotopic (exact) mass is 177 g/mol. The normalized spacial score (nSPS) is 14.6. The van der Waals surface area contributed by atoms with Gasteiger partial charge in [-0.2, -0.15) is 0 Å². The van der Waals surface area contributed by atoms with Crippen LogP contribution in [-0.4, -0.2) is 12.3 Å². The van der Waals surface area contributed by atoms with E-state index in [1.165, 1.54) is 6.42 Å². The maximum atomic E-state index is 11.2. The zero-order valence-corrected chi connectivity index (χ0v) is 8.56. The van der Waals surface area contributed by atoms with Crippen LogP contribution in [0.2, 0.25) is 0 Å². The third-order valence-electron chi connectivity index (χ3n) is 1.59. The largest absolute Gasteiger partial charge is 0.510 e. The fourth-order valence-electron chi connectivity index (χ4n) is 0.859. The Morgan fingerprint density at radius 2 is 2.09 bits per heavy atom. The van der Waals surface area contributed by atoms with E-state index in [2.05, 4.69) is 6.92 Å². The quantitative estimate of drug-likeness (QED) is 0.581. The van der Waals surface area contributed by atoms with Crippen molar-refractivity contribution in [2.45, 2.75) is 45.7 Å². The van der Waals surface area contributed by atoms with Crippen LogP contribution in [0.5, 0.6) is 0 Å². The minimum atomic E-state index is -1.40. The van der Waals surface area contributed by atoms with Gasteiger partial charge in [0.1, 0.15) is 0 Å². The summed E-state index contributed by atoms with van der Waals surface area (Å²) in [5.41, 5.74) is 0.227. The Morgan fingerprint density at radius 1 is 1.45 bits per heavy atom. The van der Waals surface area contributed by atoms with Gasteiger partial charge in [-0.3, -0.25) is 0 Å². The van der Waals surface area contributed by atoms with Crippen molar-refractivity contribution in [2.24, 2.45) is 0 Å². The summed E-state index contributed by atoms with van der Waals surface area (Å²) in [4.78, 5) is 0. The van der Waals surface area contributed by atoms with E-state index in [0.29, 0.717) is 6.61 Å². The maximum Gasteiger partial charge on any atom is 0.510 e. The summed E-state index contributed by atoms with van der Waals surface area (Å²) in [6.45, 7) is 6.57. The highest BCUT2D eigenvalue weighted by molar-refractivity contribution is 7.40. The standard InChI is InChI=1S/C8H18O2P/c1-4-6-7-8(3)11(9)10-5-2/h8H,4-7H2,1-3H3/q+1. The molecule has 0 fully saturated rings. The van der Waals surface area contributed by atoms with E-state index in [9.17, 15) is 4.57 Å². The van der Waals surface area contributed by atoms with Gasteiger partial charge in [0.25, 0.3) is 0 Å². The van der Waals surface area contributed by atoms with Crippen molar-refractivity contribution in [1.29, 1.82) is 0 Å². The third-order valence-corrected chi connectivity index (χ3v) is 3.08.